The molecule has 16 heavy (non-hydrogen) atoms. The van der Waals surface area contributed by atoms with E-state index in [2.05, 4.69) is 32.3 Å². The van der Waals surface area contributed by atoms with Crippen molar-refractivity contribution >= 4 is 5.96 Å². The van der Waals surface area contributed by atoms with Gasteiger partial charge in [-0.25, -0.2) is 9.98 Å². The molecule has 0 saturated heterocycles. The van der Waals surface area contributed by atoms with Crippen LogP contribution in [0.1, 0.15) is 12.7 Å². The van der Waals surface area contributed by atoms with Gasteiger partial charge >= 0.3 is 0 Å². The highest BCUT2D eigenvalue weighted by atomic mass is 15.3. The molecule has 0 aromatic carbocycles. The summed E-state index contributed by atoms with van der Waals surface area (Å²) in [6.07, 6.45) is 3.31. The highest BCUT2D eigenvalue weighted by Gasteiger charge is 2.00. The van der Waals surface area contributed by atoms with Crippen LogP contribution >= 0.6 is 0 Å². The Morgan fingerprint density at radius 1 is 1.62 bits per heavy atom. The Bertz CT molecular complexity index is 354. The molecule has 1 heterocycles. The first-order valence-electron chi connectivity index (χ1n) is 5.23. The van der Waals surface area contributed by atoms with E-state index in [4.69, 9.17) is 0 Å². The summed E-state index contributed by atoms with van der Waals surface area (Å²) in [5, 5.41) is 10.2. The number of nitrogens with one attached hydrogen (secondary N) is 2. The summed E-state index contributed by atoms with van der Waals surface area (Å²) >= 11 is 0. The summed E-state index contributed by atoms with van der Waals surface area (Å²) in [7, 11) is 1.85. The van der Waals surface area contributed by atoms with Crippen LogP contribution in [0.25, 0.3) is 0 Å². The number of rotatable bonds is 5. The van der Waals surface area contributed by atoms with Crippen LogP contribution in [0.5, 0.6) is 0 Å². The first-order chi connectivity index (χ1) is 7.77. The summed E-state index contributed by atoms with van der Waals surface area (Å²) < 4.78 is 1.71. The van der Waals surface area contributed by atoms with E-state index < -0.39 is 0 Å². The van der Waals surface area contributed by atoms with Crippen molar-refractivity contribution in [2.45, 2.75) is 13.5 Å². The lowest BCUT2D eigenvalue weighted by molar-refractivity contribution is 0.699. The van der Waals surface area contributed by atoms with Crippen molar-refractivity contribution in [1.29, 1.82) is 0 Å². The SMILES string of the molecule is C=CCNC(=NCc1ncnn1C)NCC. The van der Waals surface area contributed by atoms with Gasteiger partial charge in [-0.3, -0.25) is 4.68 Å². The fraction of sp³-hybridized carbons (Fsp3) is 0.500. The first kappa shape index (κ1) is 12.2. The average Bonchev–Trinajstić information content (AvgIpc) is 2.68. The Morgan fingerprint density at radius 3 is 3.00 bits per heavy atom. The molecular formula is C10H18N6. The van der Waals surface area contributed by atoms with Crippen molar-refractivity contribution in [3.8, 4) is 0 Å². The van der Waals surface area contributed by atoms with Crippen LogP contribution in [0, 0.1) is 0 Å². The maximum Gasteiger partial charge on any atom is 0.191 e. The molecule has 1 aromatic rings. The van der Waals surface area contributed by atoms with E-state index in [1.54, 1.807) is 10.8 Å². The number of aliphatic imine (C=N–C) groups is 1. The number of hydrogen-bond acceptors (Lipinski definition) is 3. The molecule has 0 bridgehead atoms. The van der Waals surface area contributed by atoms with Crippen molar-refractivity contribution in [3.63, 3.8) is 0 Å². The van der Waals surface area contributed by atoms with Crippen LogP contribution in [0.3, 0.4) is 0 Å². The van der Waals surface area contributed by atoms with E-state index in [9.17, 15) is 0 Å². The standard InChI is InChI=1S/C10H18N6/c1-4-6-12-10(11-5-2)13-7-9-14-8-15-16(9)3/h4,8H,1,5-7H2,2-3H3,(H2,11,12,13). The van der Waals surface area contributed by atoms with Gasteiger partial charge in [0.2, 0.25) is 0 Å². The Hall–Kier alpha value is -1.85. The molecule has 0 saturated carbocycles. The van der Waals surface area contributed by atoms with Gasteiger partial charge < -0.3 is 10.6 Å². The minimum absolute atomic E-state index is 0.503. The molecule has 1 rings (SSSR count). The molecule has 0 aliphatic rings. The van der Waals surface area contributed by atoms with E-state index in [0.717, 1.165) is 18.3 Å². The van der Waals surface area contributed by atoms with E-state index in [1.807, 2.05) is 14.0 Å². The molecule has 6 heteroatoms. The van der Waals surface area contributed by atoms with Crippen LogP contribution < -0.4 is 10.6 Å². The van der Waals surface area contributed by atoms with E-state index >= 15 is 0 Å². The molecule has 88 valence electrons. The van der Waals surface area contributed by atoms with Crippen LogP contribution in [0.15, 0.2) is 24.0 Å². The number of guanidine groups is 1. The molecule has 0 spiro atoms. The summed E-state index contributed by atoms with van der Waals surface area (Å²) in [5.74, 6) is 1.58. The van der Waals surface area contributed by atoms with Gasteiger partial charge in [0.05, 0.1) is 0 Å². The third-order valence-corrected chi connectivity index (χ3v) is 1.94. The molecular weight excluding hydrogens is 204 g/mol. The van der Waals surface area contributed by atoms with Gasteiger partial charge in [0, 0.05) is 20.1 Å². The topological polar surface area (TPSA) is 67.1 Å². The highest BCUT2D eigenvalue weighted by Crippen LogP contribution is 1.92. The van der Waals surface area contributed by atoms with Crippen molar-refractivity contribution < 1.29 is 0 Å². The van der Waals surface area contributed by atoms with Gasteiger partial charge in [0.1, 0.15) is 18.7 Å². The second-order valence-electron chi connectivity index (χ2n) is 3.16. The monoisotopic (exact) mass is 222 g/mol. The molecule has 2 N–H and O–H groups in total. The molecule has 0 amide bonds. The molecule has 0 atom stereocenters. The average molecular weight is 222 g/mol. The minimum Gasteiger partial charge on any atom is -0.357 e. The number of hydrogen-bond donors (Lipinski definition) is 2. The van der Waals surface area contributed by atoms with Crippen LogP contribution in [0.2, 0.25) is 0 Å². The molecule has 0 radical (unpaired) electrons. The second kappa shape index (κ2) is 6.60. The molecule has 6 nitrogen and oxygen atoms in total. The smallest absolute Gasteiger partial charge is 0.191 e. The molecule has 0 aliphatic carbocycles. The zero-order valence-corrected chi connectivity index (χ0v) is 9.77. The van der Waals surface area contributed by atoms with Crippen molar-refractivity contribution in [1.82, 2.24) is 25.4 Å². The fourth-order valence-corrected chi connectivity index (χ4v) is 1.12. The third-order valence-electron chi connectivity index (χ3n) is 1.94. The molecule has 0 aliphatic heterocycles. The van der Waals surface area contributed by atoms with E-state index in [1.165, 1.54) is 6.33 Å². The maximum absolute atomic E-state index is 4.38. The predicted octanol–water partition coefficient (Wildman–Crippen LogP) is 0.0562. The fourth-order valence-electron chi connectivity index (χ4n) is 1.12. The Balaban J connectivity index is 2.56. The largest absolute Gasteiger partial charge is 0.357 e. The lowest BCUT2D eigenvalue weighted by Crippen LogP contribution is -2.37. The summed E-state index contributed by atoms with van der Waals surface area (Å²) in [6.45, 7) is 7.68. The van der Waals surface area contributed by atoms with E-state index in [-0.39, 0.29) is 0 Å². The molecule has 1 aromatic heterocycles. The highest BCUT2D eigenvalue weighted by molar-refractivity contribution is 5.79. The van der Waals surface area contributed by atoms with Crippen LogP contribution in [0.4, 0.5) is 0 Å². The Kier molecular flexibility index (Phi) is 5.04. The lowest BCUT2D eigenvalue weighted by Gasteiger charge is -2.08. The van der Waals surface area contributed by atoms with Crippen molar-refractivity contribution in [2.24, 2.45) is 12.0 Å². The second-order valence-corrected chi connectivity index (χ2v) is 3.16. The summed E-state index contributed by atoms with van der Waals surface area (Å²) in [5.41, 5.74) is 0. The number of aryl methyl sites for hydroxylation is 1. The zero-order chi connectivity index (χ0) is 11.8. The van der Waals surface area contributed by atoms with Gasteiger partial charge in [-0.05, 0) is 6.92 Å². The van der Waals surface area contributed by atoms with Crippen molar-refractivity contribution in [3.05, 3.63) is 24.8 Å². The minimum atomic E-state index is 0.503. The third kappa shape index (κ3) is 3.72. The molecule has 0 unspecified atom stereocenters. The van der Waals surface area contributed by atoms with Crippen LogP contribution in [-0.2, 0) is 13.6 Å². The maximum atomic E-state index is 4.38. The van der Waals surface area contributed by atoms with Gasteiger partial charge in [0.25, 0.3) is 0 Å². The van der Waals surface area contributed by atoms with Crippen LogP contribution in [-0.4, -0.2) is 33.8 Å². The van der Waals surface area contributed by atoms with E-state index in [0.29, 0.717) is 13.1 Å². The van der Waals surface area contributed by atoms with Gasteiger partial charge in [-0.2, -0.15) is 5.10 Å². The zero-order valence-electron chi connectivity index (χ0n) is 9.77. The van der Waals surface area contributed by atoms with Crippen molar-refractivity contribution in [2.75, 3.05) is 13.1 Å². The Labute approximate surface area is 95.5 Å². The van der Waals surface area contributed by atoms with Gasteiger partial charge in [0.15, 0.2) is 5.96 Å². The summed E-state index contributed by atoms with van der Waals surface area (Å²) in [6, 6.07) is 0. The Morgan fingerprint density at radius 2 is 2.44 bits per heavy atom. The van der Waals surface area contributed by atoms with Gasteiger partial charge in [-0.1, -0.05) is 6.08 Å². The first-order valence-corrected chi connectivity index (χ1v) is 5.23. The lowest BCUT2D eigenvalue weighted by atomic mass is 10.6. The van der Waals surface area contributed by atoms with Gasteiger partial charge in [-0.15, -0.1) is 6.58 Å². The normalized spacial score (nSPS) is 11.2. The number of aromatic nitrogens is 3. The molecule has 0 fully saturated rings. The quantitative estimate of drug-likeness (QED) is 0.420. The summed E-state index contributed by atoms with van der Waals surface area (Å²) in [4.78, 5) is 8.47. The number of nitrogens with zero attached hydrogens (tertiary/aromatic N) is 4. The predicted molar refractivity (Wildman–Crippen MR) is 64.0 cm³/mol.